The molecule has 0 fully saturated rings. The number of nitrogens with one attached hydrogen (secondary N) is 1. The second-order valence-corrected chi connectivity index (χ2v) is 3.87. The maximum atomic E-state index is 12.1. The summed E-state index contributed by atoms with van der Waals surface area (Å²) in [6, 6.07) is 7.69. The van der Waals surface area contributed by atoms with Crippen LogP contribution in [-0.2, 0) is 0 Å². The van der Waals surface area contributed by atoms with Crippen LogP contribution in [0.5, 0.6) is 0 Å². The molecule has 84 valence electrons. The van der Waals surface area contributed by atoms with Crippen LogP contribution in [0.1, 0.15) is 23.7 Å². The highest BCUT2D eigenvalue weighted by Gasteiger charge is 2.16. The van der Waals surface area contributed by atoms with Crippen molar-refractivity contribution in [2.75, 3.05) is 7.05 Å². The molecule has 2 rings (SSSR count). The first kappa shape index (κ1) is 10.9. The zero-order chi connectivity index (χ0) is 11.5. The number of Topliss-reactive ketones (excluding diaryl/α,β-unsaturated/α-hetero) is 1. The van der Waals surface area contributed by atoms with Crippen molar-refractivity contribution in [3.05, 3.63) is 42.2 Å². The normalized spacial score (nSPS) is 12.9. The number of carbonyl (C=O) groups is 1. The summed E-state index contributed by atoms with van der Waals surface area (Å²) in [5, 5.41) is 3.04. The zero-order valence-electron chi connectivity index (χ0n) is 9.60. The second kappa shape index (κ2) is 4.49. The molecule has 0 bridgehead atoms. The third kappa shape index (κ3) is 1.86. The number of hydrogen-bond acceptors (Lipinski definition) is 2. The first-order chi connectivity index (χ1) is 7.76. The number of ketones is 1. The molecule has 16 heavy (non-hydrogen) atoms. The smallest absolute Gasteiger partial charge is 0.179 e. The number of pyridine rings is 1. The highest BCUT2D eigenvalue weighted by atomic mass is 16.1. The summed E-state index contributed by atoms with van der Waals surface area (Å²) in [6.45, 7) is 2.01. The number of likely N-dealkylation sites (N-methyl/N-ethyl adjacent to an activating group) is 1. The van der Waals surface area contributed by atoms with Gasteiger partial charge in [0.2, 0.25) is 0 Å². The van der Waals surface area contributed by atoms with Crippen LogP contribution in [0.4, 0.5) is 0 Å². The van der Waals surface area contributed by atoms with E-state index >= 15 is 0 Å². The fourth-order valence-electron chi connectivity index (χ4n) is 1.91. The number of nitrogens with zero attached hydrogens (tertiary/aromatic N) is 1. The summed E-state index contributed by atoms with van der Waals surface area (Å²) in [7, 11) is 1.82. The molecule has 0 spiro atoms. The maximum Gasteiger partial charge on any atom is 0.179 e. The van der Waals surface area contributed by atoms with E-state index in [1.54, 1.807) is 0 Å². The highest BCUT2D eigenvalue weighted by molar-refractivity contribution is 6.00. The second-order valence-electron chi connectivity index (χ2n) is 3.87. The van der Waals surface area contributed by atoms with Gasteiger partial charge in [-0.3, -0.25) is 4.79 Å². The van der Waals surface area contributed by atoms with E-state index in [1.807, 2.05) is 55.0 Å². The first-order valence-corrected chi connectivity index (χ1v) is 5.54. The van der Waals surface area contributed by atoms with Gasteiger partial charge < -0.3 is 9.72 Å². The van der Waals surface area contributed by atoms with Crippen molar-refractivity contribution < 1.29 is 4.79 Å². The molecule has 0 saturated carbocycles. The summed E-state index contributed by atoms with van der Waals surface area (Å²) in [4.78, 5) is 12.1. The Morgan fingerprint density at radius 1 is 1.44 bits per heavy atom. The van der Waals surface area contributed by atoms with Crippen LogP contribution in [0, 0.1) is 0 Å². The van der Waals surface area contributed by atoms with Crippen molar-refractivity contribution in [3.8, 4) is 0 Å². The molecule has 0 aliphatic carbocycles. The molecule has 1 atom stereocenters. The quantitative estimate of drug-likeness (QED) is 0.794. The standard InChI is InChI=1S/C13H16N2O/c1-3-12(14-2)13(16)10-6-8-15-7-4-5-11(15)9-10/h4-9,12,14H,3H2,1-2H3. The van der Waals surface area contributed by atoms with Gasteiger partial charge in [0.15, 0.2) is 5.78 Å². The Hall–Kier alpha value is -1.61. The molecule has 2 heterocycles. The minimum Gasteiger partial charge on any atom is -0.324 e. The SMILES string of the molecule is CCC(NC)C(=O)c1ccn2cccc2c1. The molecule has 0 saturated heterocycles. The Bertz CT molecular complexity index is 497. The Morgan fingerprint density at radius 3 is 2.94 bits per heavy atom. The van der Waals surface area contributed by atoms with E-state index in [-0.39, 0.29) is 11.8 Å². The van der Waals surface area contributed by atoms with Crippen molar-refractivity contribution in [3.63, 3.8) is 0 Å². The molecule has 0 amide bonds. The Morgan fingerprint density at radius 2 is 2.25 bits per heavy atom. The molecule has 3 nitrogen and oxygen atoms in total. The Kier molecular flexibility index (Phi) is 3.06. The first-order valence-electron chi connectivity index (χ1n) is 5.54. The van der Waals surface area contributed by atoms with Crippen LogP contribution in [0.25, 0.3) is 5.52 Å². The van der Waals surface area contributed by atoms with Crippen molar-refractivity contribution in [2.45, 2.75) is 19.4 Å². The summed E-state index contributed by atoms with van der Waals surface area (Å²) >= 11 is 0. The number of rotatable bonds is 4. The predicted octanol–water partition coefficient (Wildman–Crippen LogP) is 2.12. The fraction of sp³-hybridized carbons (Fsp3) is 0.308. The molecule has 0 aliphatic heterocycles. The van der Waals surface area contributed by atoms with Gasteiger partial charge in [0, 0.05) is 23.5 Å². The number of aromatic nitrogens is 1. The van der Waals surface area contributed by atoms with Crippen molar-refractivity contribution in [1.29, 1.82) is 0 Å². The van der Waals surface area contributed by atoms with Crippen LogP contribution >= 0.6 is 0 Å². The summed E-state index contributed by atoms with van der Waals surface area (Å²) in [5.74, 6) is 0.161. The number of hydrogen-bond donors (Lipinski definition) is 1. The van der Waals surface area contributed by atoms with E-state index in [0.29, 0.717) is 0 Å². The van der Waals surface area contributed by atoms with Gasteiger partial charge >= 0.3 is 0 Å². The van der Waals surface area contributed by atoms with Gasteiger partial charge in [0.25, 0.3) is 0 Å². The third-order valence-corrected chi connectivity index (χ3v) is 2.89. The lowest BCUT2D eigenvalue weighted by atomic mass is 10.0. The van der Waals surface area contributed by atoms with Gasteiger partial charge in [-0.2, -0.15) is 0 Å². The zero-order valence-corrected chi connectivity index (χ0v) is 9.60. The molecule has 2 aromatic heterocycles. The van der Waals surface area contributed by atoms with Crippen LogP contribution in [0.15, 0.2) is 36.7 Å². The van der Waals surface area contributed by atoms with E-state index in [4.69, 9.17) is 0 Å². The Balaban J connectivity index is 2.35. The van der Waals surface area contributed by atoms with Crippen molar-refractivity contribution in [2.24, 2.45) is 0 Å². The summed E-state index contributed by atoms with van der Waals surface area (Å²) in [5.41, 5.74) is 1.82. The maximum absolute atomic E-state index is 12.1. The minimum absolute atomic E-state index is 0.0857. The van der Waals surface area contributed by atoms with E-state index < -0.39 is 0 Å². The van der Waals surface area contributed by atoms with Crippen LogP contribution < -0.4 is 5.32 Å². The van der Waals surface area contributed by atoms with Gasteiger partial charge in [-0.1, -0.05) is 6.92 Å². The third-order valence-electron chi connectivity index (χ3n) is 2.89. The van der Waals surface area contributed by atoms with Gasteiger partial charge in [-0.25, -0.2) is 0 Å². The molecule has 2 aromatic rings. The number of carbonyl (C=O) groups excluding carboxylic acids is 1. The largest absolute Gasteiger partial charge is 0.324 e. The van der Waals surface area contributed by atoms with E-state index in [1.165, 1.54) is 0 Å². The van der Waals surface area contributed by atoms with Crippen LogP contribution in [-0.4, -0.2) is 23.3 Å². The van der Waals surface area contributed by atoms with E-state index in [0.717, 1.165) is 17.5 Å². The molecule has 1 N–H and O–H groups in total. The minimum atomic E-state index is -0.0857. The lowest BCUT2D eigenvalue weighted by molar-refractivity contribution is 0.0945. The predicted molar refractivity (Wildman–Crippen MR) is 64.9 cm³/mol. The van der Waals surface area contributed by atoms with Crippen molar-refractivity contribution >= 4 is 11.3 Å². The fourth-order valence-corrected chi connectivity index (χ4v) is 1.91. The summed E-state index contributed by atoms with van der Waals surface area (Å²) in [6.07, 6.45) is 4.70. The molecular weight excluding hydrogens is 200 g/mol. The molecule has 0 aromatic carbocycles. The topological polar surface area (TPSA) is 33.5 Å². The van der Waals surface area contributed by atoms with Gasteiger partial charge in [-0.05, 0) is 37.7 Å². The van der Waals surface area contributed by atoms with Gasteiger partial charge in [-0.15, -0.1) is 0 Å². The Labute approximate surface area is 95.1 Å². The molecule has 1 unspecified atom stereocenters. The molecule has 0 radical (unpaired) electrons. The van der Waals surface area contributed by atoms with E-state index in [9.17, 15) is 4.79 Å². The van der Waals surface area contributed by atoms with Crippen LogP contribution in [0.3, 0.4) is 0 Å². The van der Waals surface area contributed by atoms with Gasteiger partial charge in [0.1, 0.15) is 0 Å². The monoisotopic (exact) mass is 216 g/mol. The van der Waals surface area contributed by atoms with Crippen molar-refractivity contribution in [1.82, 2.24) is 9.72 Å². The lowest BCUT2D eigenvalue weighted by Gasteiger charge is -2.12. The van der Waals surface area contributed by atoms with E-state index in [2.05, 4.69) is 5.32 Å². The molecule has 3 heteroatoms. The average molecular weight is 216 g/mol. The average Bonchev–Trinajstić information content (AvgIpc) is 2.77. The van der Waals surface area contributed by atoms with Gasteiger partial charge in [0.05, 0.1) is 6.04 Å². The lowest BCUT2D eigenvalue weighted by Crippen LogP contribution is -2.33. The molecule has 0 aliphatic rings. The van der Waals surface area contributed by atoms with Crippen LogP contribution in [0.2, 0.25) is 0 Å². The summed E-state index contributed by atoms with van der Waals surface area (Å²) < 4.78 is 2.00. The number of fused-ring (bicyclic) bond motifs is 1. The highest BCUT2D eigenvalue weighted by Crippen LogP contribution is 2.11. The molecular formula is C13H16N2O.